The van der Waals surface area contributed by atoms with Crippen LogP contribution in [0.15, 0.2) is 29.3 Å². The summed E-state index contributed by atoms with van der Waals surface area (Å²) in [6, 6.07) is 2.00. The van der Waals surface area contributed by atoms with Gasteiger partial charge < -0.3 is 10.8 Å². The Labute approximate surface area is 101 Å². The van der Waals surface area contributed by atoms with Crippen LogP contribution in [0.2, 0.25) is 0 Å². The molecule has 0 aromatic heterocycles. The van der Waals surface area contributed by atoms with Crippen LogP contribution in [0.4, 0.5) is 5.69 Å². The summed E-state index contributed by atoms with van der Waals surface area (Å²) >= 11 is 3.05. The summed E-state index contributed by atoms with van der Waals surface area (Å²) in [4.78, 5) is 10.1. The van der Waals surface area contributed by atoms with Crippen LogP contribution < -0.4 is 5.73 Å². The number of hydrogen-bond acceptors (Lipinski definition) is 4. The zero-order chi connectivity index (χ0) is 12.3. The van der Waals surface area contributed by atoms with Crippen LogP contribution in [0.25, 0.3) is 0 Å². The van der Waals surface area contributed by atoms with Crippen molar-refractivity contribution >= 4 is 21.6 Å². The first-order valence-electron chi connectivity index (χ1n) is 4.50. The molecule has 0 aliphatic carbocycles. The molecule has 0 amide bonds. The number of halogens is 1. The number of phenolic OH excluding ortho intramolecular Hbond substituents is 1. The van der Waals surface area contributed by atoms with E-state index in [1.54, 1.807) is 6.08 Å². The highest BCUT2D eigenvalue weighted by Gasteiger charge is 2.18. The molecule has 1 aromatic carbocycles. The van der Waals surface area contributed by atoms with Crippen molar-refractivity contribution < 1.29 is 10.0 Å². The second-order valence-electron chi connectivity index (χ2n) is 3.25. The second-order valence-corrected chi connectivity index (χ2v) is 4.11. The smallest absolute Gasteiger partial charge is 0.271 e. The molecule has 0 aliphatic heterocycles. The van der Waals surface area contributed by atoms with E-state index in [1.807, 2.05) is 0 Å². The number of nitro benzene ring substituents is 1. The number of nitro groups is 1. The van der Waals surface area contributed by atoms with Crippen molar-refractivity contribution in [3.8, 4) is 5.75 Å². The standard InChI is InChI=1S/C10H11BrN2O3/c1-2-3-9(12)7-4-6(13(15)16)5-8(11)10(7)14/h2,4-5,9,14H,1,3,12H2/t9-/m1/s1. The fourth-order valence-electron chi connectivity index (χ4n) is 1.30. The lowest BCUT2D eigenvalue weighted by atomic mass is 10.0. The fraction of sp³-hybridized carbons (Fsp3) is 0.200. The van der Waals surface area contributed by atoms with Crippen LogP contribution in [0, 0.1) is 10.1 Å². The van der Waals surface area contributed by atoms with Gasteiger partial charge >= 0.3 is 0 Å². The molecule has 0 saturated heterocycles. The summed E-state index contributed by atoms with van der Waals surface area (Å²) < 4.78 is 0.260. The first-order chi connectivity index (χ1) is 7.47. The largest absolute Gasteiger partial charge is 0.506 e. The van der Waals surface area contributed by atoms with Crippen molar-refractivity contribution in [3.63, 3.8) is 0 Å². The lowest BCUT2D eigenvalue weighted by molar-refractivity contribution is -0.385. The predicted octanol–water partition coefficient (Wildman–Crippen LogP) is 2.64. The molecule has 0 fully saturated rings. The Hall–Kier alpha value is -1.40. The first kappa shape index (κ1) is 12.7. The van der Waals surface area contributed by atoms with Gasteiger partial charge in [-0.25, -0.2) is 0 Å². The van der Waals surface area contributed by atoms with Gasteiger partial charge in [0.2, 0.25) is 0 Å². The molecule has 1 rings (SSSR count). The number of nitrogens with zero attached hydrogens (tertiary/aromatic N) is 1. The number of benzene rings is 1. The van der Waals surface area contributed by atoms with Gasteiger partial charge in [0.05, 0.1) is 9.40 Å². The zero-order valence-electron chi connectivity index (χ0n) is 8.39. The predicted molar refractivity (Wildman–Crippen MR) is 64.2 cm³/mol. The van der Waals surface area contributed by atoms with Crippen molar-refractivity contribution in [1.29, 1.82) is 0 Å². The molecule has 1 atom stereocenters. The van der Waals surface area contributed by atoms with Gasteiger partial charge in [-0.05, 0) is 22.4 Å². The molecule has 3 N–H and O–H groups in total. The van der Waals surface area contributed by atoms with Gasteiger partial charge in [-0.15, -0.1) is 6.58 Å². The molecule has 0 unspecified atom stereocenters. The van der Waals surface area contributed by atoms with Gasteiger partial charge in [0.15, 0.2) is 0 Å². The maximum atomic E-state index is 10.6. The van der Waals surface area contributed by atoms with E-state index in [4.69, 9.17) is 5.73 Å². The molecule has 86 valence electrons. The topological polar surface area (TPSA) is 89.4 Å². The van der Waals surface area contributed by atoms with E-state index >= 15 is 0 Å². The summed E-state index contributed by atoms with van der Waals surface area (Å²) in [7, 11) is 0. The number of rotatable bonds is 4. The van der Waals surface area contributed by atoms with Crippen molar-refractivity contribution in [2.24, 2.45) is 5.73 Å². The average Bonchev–Trinajstić information content (AvgIpc) is 2.21. The lowest BCUT2D eigenvalue weighted by Gasteiger charge is -2.12. The Balaban J connectivity index is 3.26. The average molecular weight is 287 g/mol. The molecule has 0 saturated carbocycles. The van der Waals surface area contributed by atoms with Gasteiger partial charge in [0, 0.05) is 23.7 Å². The Morgan fingerprint density at radius 2 is 2.31 bits per heavy atom. The van der Waals surface area contributed by atoms with Crippen molar-refractivity contribution in [2.45, 2.75) is 12.5 Å². The normalized spacial score (nSPS) is 12.1. The van der Waals surface area contributed by atoms with Gasteiger partial charge in [-0.2, -0.15) is 0 Å². The summed E-state index contributed by atoms with van der Waals surface area (Å²) in [5.74, 6) is -0.0695. The van der Waals surface area contributed by atoms with Gasteiger partial charge in [-0.1, -0.05) is 6.08 Å². The summed E-state index contributed by atoms with van der Waals surface area (Å²) in [5, 5.41) is 20.4. The number of nitrogens with two attached hydrogens (primary N) is 1. The SMILES string of the molecule is C=CC[C@@H](N)c1cc([N+](=O)[O-])cc(Br)c1O. The van der Waals surface area contributed by atoms with E-state index in [0.717, 1.165) is 0 Å². The summed E-state index contributed by atoms with van der Waals surface area (Å²) in [6.07, 6.45) is 2.03. The number of hydrogen-bond donors (Lipinski definition) is 2. The van der Waals surface area contributed by atoms with Crippen LogP contribution in [0.5, 0.6) is 5.75 Å². The van der Waals surface area contributed by atoms with Crippen molar-refractivity contribution in [2.75, 3.05) is 0 Å². The summed E-state index contributed by atoms with van der Waals surface area (Å²) in [5.41, 5.74) is 5.99. The van der Waals surface area contributed by atoms with E-state index in [-0.39, 0.29) is 15.9 Å². The van der Waals surface area contributed by atoms with Crippen LogP contribution in [0.3, 0.4) is 0 Å². The van der Waals surface area contributed by atoms with Crippen LogP contribution in [-0.4, -0.2) is 10.0 Å². The maximum absolute atomic E-state index is 10.6. The van der Waals surface area contributed by atoms with Gasteiger partial charge in [0.25, 0.3) is 5.69 Å². The number of non-ortho nitro benzene ring substituents is 1. The molecular weight excluding hydrogens is 276 g/mol. The molecular formula is C10H11BrN2O3. The molecule has 16 heavy (non-hydrogen) atoms. The Bertz CT molecular complexity index is 434. The van der Waals surface area contributed by atoms with Crippen LogP contribution in [0.1, 0.15) is 18.0 Å². The number of phenols is 1. The number of aromatic hydroxyl groups is 1. The molecule has 1 aromatic rings. The summed E-state index contributed by atoms with van der Waals surface area (Å²) in [6.45, 7) is 3.53. The van der Waals surface area contributed by atoms with Crippen molar-refractivity contribution in [1.82, 2.24) is 0 Å². The van der Waals surface area contributed by atoms with Gasteiger partial charge in [-0.3, -0.25) is 10.1 Å². The third kappa shape index (κ3) is 2.59. The van der Waals surface area contributed by atoms with E-state index in [1.165, 1.54) is 12.1 Å². The Kier molecular flexibility index (Phi) is 4.03. The molecule has 0 bridgehead atoms. The fourth-order valence-corrected chi connectivity index (χ4v) is 1.76. The Morgan fingerprint density at radius 1 is 1.69 bits per heavy atom. The minimum absolute atomic E-state index is 0.0695. The quantitative estimate of drug-likeness (QED) is 0.506. The molecule has 0 heterocycles. The van der Waals surface area contributed by atoms with E-state index in [2.05, 4.69) is 22.5 Å². The van der Waals surface area contributed by atoms with Gasteiger partial charge in [0.1, 0.15) is 5.75 Å². The molecule has 0 radical (unpaired) electrons. The molecule has 6 heteroatoms. The first-order valence-corrected chi connectivity index (χ1v) is 5.30. The molecule has 0 spiro atoms. The monoisotopic (exact) mass is 286 g/mol. The minimum atomic E-state index is -0.533. The van der Waals surface area contributed by atoms with E-state index < -0.39 is 11.0 Å². The lowest BCUT2D eigenvalue weighted by Crippen LogP contribution is -2.09. The Morgan fingerprint density at radius 3 is 2.81 bits per heavy atom. The minimum Gasteiger partial charge on any atom is -0.506 e. The highest BCUT2D eigenvalue weighted by Crippen LogP contribution is 2.36. The molecule has 5 nitrogen and oxygen atoms in total. The highest BCUT2D eigenvalue weighted by molar-refractivity contribution is 9.10. The third-order valence-electron chi connectivity index (χ3n) is 2.11. The van der Waals surface area contributed by atoms with Crippen molar-refractivity contribution in [3.05, 3.63) is 44.9 Å². The van der Waals surface area contributed by atoms with E-state index in [9.17, 15) is 15.2 Å². The highest BCUT2D eigenvalue weighted by atomic mass is 79.9. The van der Waals surface area contributed by atoms with Crippen LogP contribution in [-0.2, 0) is 0 Å². The third-order valence-corrected chi connectivity index (χ3v) is 2.71. The van der Waals surface area contributed by atoms with E-state index in [0.29, 0.717) is 12.0 Å². The van der Waals surface area contributed by atoms with Crippen LogP contribution >= 0.6 is 15.9 Å². The molecule has 0 aliphatic rings. The second kappa shape index (κ2) is 5.09. The maximum Gasteiger partial charge on any atom is 0.271 e. The zero-order valence-corrected chi connectivity index (χ0v) is 9.98.